The molecule has 7 heteroatoms. The monoisotopic (exact) mass is 308 g/mol. The molecule has 0 atom stereocenters. The molecular formula is C14H16N2O4S. The molecule has 0 unspecified atom stereocenters. The summed E-state index contributed by atoms with van der Waals surface area (Å²) in [5.74, 6) is -1.35. The lowest BCUT2D eigenvalue weighted by molar-refractivity contribution is -0.142. The summed E-state index contributed by atoms with van der Waals surface area (Å²) >= 11 is 1.17. The summed E-state index contributed by atoms with van der Waals surface area (Å²) in [7, 11) is 0. The Bertz CT molecular complexity index is 604. The van der Waals surface area contributed by atoms with Crippen LogP contribution in [-0.2, 0) is 16.1 Å². The third-order valence-corrected chi connectivity index (χ3v) is 5.20. The van der Waals surface area contributed by atoms with E-state index in [1.807, 2.05) is 0 Å². The van der Waals surface area contributed by atoms with Gasteiger partial charge in [-0.3, -0.25) is 14.5 Å². The van der Waals surface area contributed by atoms with Crippen molar-refractivity contribution in [3.63, 3.8) is 0 Å². The minimum Gasteiger partial charge on any atom is -0.476 e. The van der Waals surface area contributed by atoms with E-state index in [0.29, 0.717) is 11.4 Å². The molecule has 6 nitrogen and oxygen atoms in total. The minimum absolute atomic E-state index is 0.0403. The molecule has 2 aliphatic rings. The molecule has 1 saturated carbocycles. The van der Waals surface area contributed by atoms with Crippen molar-refractivity contribution < 1.29 is 19.5 Å². The van der Waals surface area contributed by atoms with Crippen LogP contribution in [0.1, 0.15) is 54.0 Å². The van der Waals surface area contributed by atoms with Crippen molar-refractivity contribution in [1.82, 2.24) is 9.88 Å². The van der Waals surface area contributed by atoms with Crippen molar-refractivity contribution in [2.24, 2.45) is 5.41 Å². The van der Waals surface area contributed by atoms with Crippen molar-refractivity contribution >= 4 is 29.1 Å². The third kappa shape index (κ3) is 2.46. The topological polar surface area (TPSA) is 87.6 Å². The van der Waals surface area contributed by atoms with Gasteiger partial charge < -0.3 is 5.11 Å². The zero-order chi connectivity index (χ0) is 15.0. The van der Waals surface area contributed by atoms with Crippen LogP contribution >= 0.6 is 11.3 Å². The number of likely N-dealkylation sites (tertiary alicyclic amines) is 1. The van der Waals surface area contributed by atoms with Gasteiger partial charge in [0.05, 0.1) is 12.0 Å². The zero-order valence-corrected chi connectivity index (χ0v) is 12.3. The van der Waals surface area contributed by atoms with Gasteiger partial charge in [-0.1, -0.05) is 19.3 Å². The number of nitrogens with zero attached hydrogens (tertiary/aromatic N) is 2. The van der Waals surface area contributed by atoms with Crippen molar-refractivity contribution in [3.8, 4) is 0 Å². The molecule has 3 rings (SSSR count). The first-order valence-electron chi connectivity index (χ1n) is 7.04. The average molecular weight is 308 g/mol. The minimum atomic E-state index is -1.10. The number of aromatic carboxylic acids is 1. The van der Waals surface area contributed by atoms with Gasteiger partial charge in [0.25, 0.3) is 0 Å². The van der Waals surface area contributed by atoms with Gasteiger partial charge in [0, 0.05) is 11.8 Å². The van der Waals surface area contributed by atoms with E-state index in [1.165, 1.54) is 21.6 Å². The Morgan fingerprint density at radius 2 is 2.05 bits per heavy atom. The maximum absolute atomic E-state index is 12.6. The van der Waals surface area contributed by atoms with E-state index in [2.05, 4.69) is 4.98 Å². The molecule has 1 aromatic rings. The van der Waals surface area contributed by atoms with Gasteiger partial charge in [0.1, 0.15) is 5.01 Å². The van der Waals surface area contributed by atoms with Crippen molar-refractivity contribution in [3.05, 3.63) is 16.1 Å². The summed E-state index contributed by atoms with van der Waals surface area (Å²) in [5.41, 5.74) is -0.538. The normalized spacial score (nSPS) is 21.2. The first-order chi connectivity index (χ1) is 10.0. The lowest BCUT2D eigenvalue weighted by atomic mass is 9.73. The number of hydrogen-bond acceptors (Lipinski definition) is 5. The maximum atomic E-state index is 12.6. The fourth-order valence-electron chi connectivity index (χ4n) is 3.26. The largest absolute Gasteiger partial charge is 0.476 e. The summed E-state index contributed by atoms with van der Waals surface area (Å²) in [6.07, 6.45) is 4.97. The summed E-state index contributed by atoms with van der Waals surface area (Å²) < 4.78 is 0. The number of carboxylic acid groups (broad SMARTS) is 1. The van der Waals surface area contributed by atoms with Gasteiger partial charge in [0.2, 0.25) is 11.8 Å². The number of carboxylic acids is 1. The van der Waals surface area contributed by atoms with Crippen LogP contribution in [0.15, 0.2) is 5.38 Å². The highest BCUT2D eigenvalue weighted by atomic mass is 32.1. The highest BCUT2D eigenvalue weighted by Gasteiger charge is 2.51. The molecule has 2 fully saturated rings. The number of hydrogen-bond donors (Lipinski definition) is 1. The molecular weight excluding hydrogens is 292 g/mol. The molecule has 112 valence electrons. The number of carbonyl (C=O) groups excluding carboxylic acids is 2. The van der Waals surface area contributed by atoms with E-state index in [0.717, 1.165) is 32.1 Å². The zero-order valence-electron chi connectivity index (χ0n) is 11.5. The Hall–Kier alpha value is -1.76. The molecule has 1 aliphatic heterocycles. The van der Waals surface area contributed by atoms with Crippen LogP contribution in [0.5, 0.6) is 0 Å². The van der Waals surface area contributed by atoms with Crippen LogP contribution in [0.2, 0.25) is 0 Å². The van der Waals surface area contributed by atoms with Crippen LogP contribution in [0.4, 0.5) is 0 Å². The summed E-state index contributed by atoms with van der Waals surface area (Å²) in [5, 5.41) is 10.8. The van der Waals surface area contributed by atoms with E-state index in [1.54, 1.807) is 0 Å². The molecule has 1 aliphatic carbocycles. The smallest absolute Gasteiger partial charge is 0.355 e. The fraction of sp³-hybridized carbons (Fsp3) is 0.571. The maximum Gasteiger partial charge on any atom is 0.355 e. The van der Waals surface area contributed by atoms with E-state index >= 15 is 0 Å². The highest BCUT2D eigenvalue weighted by molar-refractivity contribution is 7.09. The second-order valence-corrected chi connectivity index (χ2v) is 6.68. The quantitative estimate of drug-likeness (QED) is 0.863. The molecule has 0 bridgehead atoms. The molecule has 0 radical (unpaired) electrons. The van der Waals surface area contributed by atoms with Crippen LogP contribution in [-0.4, -0.2) is 32.8 Å². The third-order valence-electron chi connectivity index (χ3n) is 4.36. The molecule has 0 aromatic carbocycles. The number of imide groups is 1. The van der Waals surface area contributed by atoms with E-state index < -0.39 is 11.4 Å². The van der Waals surface area contributed by atoms with E-state index in [9.17, 15) is 14.4 Å². The lowest BCUT2D eigenvalue weighted by Gasteiger charge is -2.30. The molecule has 1 N–H and O–H groups in total. The average Bonchev–Trinajstić information content (AvgIpc) is 3.00. The van der Waals surface area contributed by atoms with Crippen LogP contribution < -0.4 is 0 Å². The van der Waals surface area contributed by atoms with Gasteiger partial charge in [-0.2, -0.15) is 0 Å². The number of carbonyl (C=O) groups is 3. The SMILES string of the molecule is O=C(O)c1csc(CN2C(=O)CC3(CCCCC3)C2=O)n1. The first-order valence-corrected chi connectivity index (χ1v) is 7.92. The first kappa shape index (κ1) is 14.2. The number of rotatable bonds is 3. The molecule has 1 saturated heterocycles. The Kier molecular flexibility index (Phi) is 3.52. The highest BCUT2D eigenvalue weighted by Crippen LogP contribution is 2.45. The van der Waals surface area contributed by atoms with E-state index in [4.69, 9.17) is 5.11 Å². The molecule has 21 heavy (non-hydrogen) atoms. The predicted molar refractivity (Wildman–Crippen MR) is 74.8 cm³/mol. The van der Waals surface area contributed by atoms with Crippen LogP contribution in [0.3, 0.4) is 0 Å². The van der Waals surface area contributed by atoms with Crippen LogP contribution in [0, 0.1) is 5.41 Å². The fourth-order valence-corrected chi connectivity index (χ4v) is 4.01. The summed E-state index contributed by atoms with van der Waals surface area (Å²) in [6, 6.07) is 0. The molecule has 1 spiro atoms. The van der Waals surface area contributed by atoms with Gasteiger partial charge >= 0.3 is 5.97 Å². The lowest BCUT2D eigenvalue weighted by Crippen LogP contribution is -2.36. The van der Waals surface area contributed by atoms with Gasteiger partial charge in [0.15, 0.2) is 5.69 Å². The Morgan fingerprint density at radius 1 is 1.33 bits per heavy atom. The molecule has 1 aromatic heterocycles. The number of amides is 2. The summed E-state index contributed by atoms with van der Waals surface area (Å²) in [4.78, 5) is 40.8. The van der Waals surface area contributed by atoms with Crippen molar-refractivity contribution in [1.29, 1.82) is 0 Å². The Labute approximate surface area is 125 Å². The van der Waals surface area contributed by atoms with Gasteiger partial charge in [-0.05, 0) is 12.8 Å². The second kappa shape index (κ2) is 5.22. The van der Waals surface area contributed by atoms with Gasteiger partial charge in [-0.15, -0.1) is 11.3 Å². The van der Waals surface area contributed by atoms with Crippen molar-refractivity contribution in [2.45, 2.75) is 45.1 Å². The molecule has 2 heterocycles. The molecule has 2 amide bonds. The van der Waals surface area contributed by atoms with Crippen LogP contribution in [0.25, 0.3) is 0 Å². The van der Waals surface area contributed by atoms with Gasteiger partial charge in [-0.25, -0.2) is 9.78 Å². The number of thiazole rings is 1. The van der Waals surface area contributed by atoms with Crippen molar-refractivity contribution in [2.75, 3.05) is 0 Å². The second-order valence-electron chi connectivity index (χ2n) is 5.73. The Balaban J connectivity index is 1.77. The predicted octanol–water partition coefficient (Wildman–Crippen LogP) is 2.05. The number of aromatic nitrogens is 1. The summed E-state index contributed by atoms with van der Waals surface area (Å²) in [6.45, 7) is 0.0946. The Morgan fingerprint density at radius 3 is 2.67 bits per heavy atom. The standard InChI is InChI=1S/C14H16N2O4S/c17-11-6-14(4-2-1-3-5-14)13(20)16(11)7-10-15-9(8-21-10)12(18)19/h8H,1-7H2,(H,18,19). The van der Waals surface area contributed by atoms with E-state index in [-0.39, 0.29) is 24.1 Å².